The van der Waals surface area contributed by atoms with E-state index in [4.69, 9.17) is 9.84 Å². The first-order valence-corrected chi connectivity index (χ1v) is 5.46. The van der Waals surface area contributed by atoms with Crippen LogP contribution in [-0.2, 0) is 4.74 Å². The molecule has 2 rings (SSSR count). The minimum atomic E-state index is -1.11. The van der Waals surface area contributed by atoms with Gasteiger partial charge in [0.1, 0.15) is 5.60 Å². The van der Waals surface area contributed by atoms with Crippen molar-refractivity contribution in [1.29, 1.82) is 0 Å². The van der Waals surface area contributed by atoms with Gasteiger partial charge in [-0.15, -0.1) is 0 Å². The average molecular weight is 198 g/mol. The molecule has 2 fully saturated rings. The van der Waals surface area contributed by atoms with Gasteiger partial charge in [-0.3, -0.25) is 0 Å². The third-order valence-electron chi connectivity index (χ3n) is 4.09. The lowest BCUT2D eigenvalue weighted by molar-refractivity contribution is -0.0831. The van der Waals surface area contributed by atoms with Crippen molar-refractivity contribution in [1.82, 2.24) is 0 Å². The predicted molar refractivity (Wildman–Crippen MR) is 52.1 cm³/mol. The van der Waals surface area contributed by atoms with Gasteiger partial charge in [0, 0.05) is 0 Å². The number of ether oxygens (including phenoxy) is 1. The Labute approximate surface area is 84.4 Å². The van der Waals surface area contributed by atoms with Gasteiger partial charge >= 0.3 is 6.16 Å². The molecule has 3 nitrogen and oxygen atoms in total. The van der Waals surface area contributed by atoms with Crippen LogP contribution < -0.4 is 0 Å². The number of carbonyl (C=O) groups is 1. The zero-order valence-corrected chi connectivity index (χ0v) is 8.82. The van der Waals surface area contributed by atoms with Crippen molar-refractivity contribution >= 4 is 6.16 Å². The predicted octanol–water partition coefficient (Wildman–Crippen LogP) is 2.90. The zero-order chi connectivity index (χ0) is 10.3. The summed E-state index contributed by atoms with van der Waals surface area (Å²) in [5.74, 6) is 1.49. The molecule has 2 bridgehead atoms. The summed E-state index contributed by atoms with van der Waals surface area (Å²) < 4.78 is 5.21. The fraction of sp³-hybridized carbons (Fsp3) is 0.909. The maximum absolute atomic E-state index is 10.7. The standard InChI is InChI=1S/C11H18O3/c1-7(2)11(14-10(12)13)6-8-3-4-9(11)5-8/h7-9H,3-6H2,1-2H3,(H,12,13). The summed E-state index contributed by atoms with van der Waals surface area (Å²) in [6, 6.07) is 0. The topological polar surface area (TPSA) is 46.5 Å². The van der Waals surface area contributed by atoms with Crippen molar-refractivity contribution in [3.05, 3.63) is 0 Å². The molecule has 0 aliphatic heterocycles. The maximum atomic E-state index is 10.7. The maximum Gasteiger partial charge on any atom is 0.506 e. The van der Waals surface area contributed by atoms with Crippen molar-refractivity contribution in [2.45, 2.75) is 45.1 Å². The molecule has 0 aromatic rings. The molecule has 0 aromatic carbocycles. The van der Waals surface area contributed by atoms with Crippen LogP contribution in [-0.4, -0.2) is 16.9 Å². The van der Waals surface area contributed by atoms with E-state index in [-0.39, 0.29) is 5.60 Å². The first-order valence-electron chi connectivity index (χ1n) is 5.46. The van der Waals surface area contributed by atoms with Crippen LogP contribution in [0.1, 0.15) is 39.5 Å². The van der Waals surface area contributed by atoms with Gasteiger partial charge in [-0.05, 0) is 43.4 Å². The van der Waals surface area contributed by atoms with Gasteiger partial charge in [0.15, 0.2) is 0 Å². The molecule has 14 heavy (non-hydrogen) atoms. The van der Waals surface area contributed by atoms with E-state index in [2.05, 4.69) is 13.8 Å². The third kappa shape index (κ3) is 1.30. The van der Waals surface area contributed by atoms with E-state index in [1.54, 1.807) is 0 Å². The highest BCUT2D eigenvalue weighted by atomic mass is 16.7. The Morgan fingerprint density at radius 3 is 2.57 bits per heavy atom. The van der Waals surface area contributed by atoms with Crippen molar-refractivity contribution in [2.24, 2.45) is 17.8 Å². The summed E-state index contributed by atoms with van der Waals surface area (Å²) in [6.07, 6.45) is 3.43. The summed E-state index contributed by atoms with van der Waals surface area (Å²) in [5, 5.41) is 8.79. The fourth-order valence-electron chi connectivity index (χ4n) is 3.43. The molecule has 0 saturated heterocycles. The van der Waals surface area contributed by atoms with Crippen LogP contribution in [0.15, 0.2) is 0 Å². The molecule has 3 atom stereocenters. The summed E-state index contributed by atoms with van der Waals surface area (Å²) in [5.41, 5.74) is -0.366. The SMILES string of the molecule is CC(C)C1(OC(=O)O)CC2CCC1C2. The van der Waals surface area contributed by atoms with E-state index in [1.807, 2.05) is 0 Å². The molecule has 80 valence electrons. The van der Waals surface area contributed by atoms with Crippen LogP contribution in [0, 0.1) is 17.8 Å². The van der Waals surface area contributed by atoms with E-state index in [9.17, 15) is 4.79 Å². The second kappa shape index (κ2) is 3.14. The lowest BCUT2D eigenvalue weighted by atomic mass is 9.76. The monoisotopic (exact) mass is 198 g/mol. The normalized spacial score (nSPS) is 40.5. The van der Waals surface area contributed by atoms with Gasteiger partial charge in [-0.2, -0.15) is 0 Å². The smallest absolute Gasteiger partial charge is 0.450 e. The van der Waals surface area contributed by atoms with Gasteiger partial charge in [0.05, 0.1) is 0 Å². The molecule has 0 aromatic heterocycles. The highest BCUT2D eigenvalue weighted by Gasteiger charge is 2.55. The lowest BCUT2D eigenvalue weighted by Gasteiger charge is -2.39. The molecule has 2 saturated carbocycles. The quantitative estimate of drug-likeness (QED) is 0.694. The summed E-state index contributed by atoms with van der Waals surface area (Å²) in [7, 11) is 0. The summed E-state index contributed by atoms with van der Waals surface area (Å²) >= 11 is 0. The Bertz CT molecular complexity index is 249. The Morgan fingerprint density at radius 2 is 2.21 bits per heavy atom. The average Bonchev–Trinajstić information content (AvgIpc) is 2.61. The van der Waals surface area contributed by atoms with E-state index < -0.39 is 6.16 Å². The molecule has 0 spiro atoms. The van der Waals surface area contributed by atoms with Gasteiger partial charge in [-0.1, -0.05) is 13.8 Å². The fourth-order valence-corrected chi connectivity index (χ4v) is 3.43. The van der Waals surface area contributed by atoms with Crippen LogP contribution in [0.3, 0.4) is 0 Å². The van der Waals surface area contributed by atoms with Crippen molar-refractivity contribution in [3.8, 4) is 0 Å². The number of hydrogen-bond acceptors (Lipinski definition) is 2. The van der Waals surface area contributed by atoms with E-state index in [1.165, 1.54) is 12.8 Å². The number of rotatable bonds is 2. The molecule has 2 aliphatic rings. The third-order valence-corrected chi connectivity index (χ3v) is 4.09. The summed E-state index contributed by atoms with van der Waals surface area (Å²) in [4.78, 5) is 10.7. The van der Waals surface area contributed by atoms with Crippen LogP contribution in [0.25, 0.3) is 0 Å². The molecule has 0 heterocycles. The molecule has 0 radical (unpaired) electrons. The second-order valence-corrected chi connectivity index (χ2v) is 5.06. The highest BCUT2D eigenvalue weighted by molar-refractivity contribution is 5.58. The Hall–Kier alpha value is -0.730. The minimum Gasteiger partial charge on any atom is -0.450 e. The lowest BCUT2D eigenvalue weighted by Crippen LogP contribution is -2.44. The van der Waals surface area contributed by atoms with Crippen molar-refractivity contribution < 1.29 is 14.6 Å². The van der Waals surface area contributed by atoms with E-state index >= 15 is 0 Å². The molecule has 3 unspecified atom stereocenters. The van der Waals surface area contributed by atoms with E-state index in [0.29, 0.717) is 17.8 Å². The first-order chi connectivity index (χ1) is 6.54. The van der Waals surface area contributed by atoms with Crippen molar-refractivity contribution in [3.63, 3.8) is 0 Å². The second-order valence-electron chi connectivity index (χ2n) is 5.06. The van der Waals surface area contributed by atoms with Crippen LogP contribution in [0.5, 0.6) is 0 Å². The largest absolute Gasteiger partial charge is 0.506 e. The van der Waals surface area contributed by atoms with Crippen molar-refractivity contribution in [2.75, 3.05) is 0 Å². The Kier molecular flexibility index (Phi) is 2.20. The van der Waals surface area contributed by atoms with Crippen LogP contribution in [0.4, 0.5) is 4.79 Å². The molecule has 3 heteroatoms. The van der Waals surface area contributed by atoms with Crippen LogP contribution >= 0.6 is 0 Å². The molecular formula is C11H18O3. The molecular weight excluding hydrogens is 180 g/mol. The zero-order valence-electron chi connectivity index (χ0n) is 8.82. The molecule has 1 N–H and O–H groups in total. The number of carboxylic acid groups (broad SMARTS) is 1. The molecule has 0 amide bonds. The number of fused-ring (bicyclic) bond motifs is 2. The molecule has 2 aliphatic carbocycles. The Morgan fingerprint density at radius 1 is 1.50 bits per heavy atom. The Balaban J connectivity index is 2.19. The van der Waals surface area contributed by atoms with Crippen LogP contribution in [0.2, 0.25) is 0 Å². The van der Waals surface area contributed by atoms with E-state index in [0.717, 1.165) is 12.8 Å². The number of hydrogen-bond donors (Lipinski definition) is 1. The first kappa shape index (κ1) is 9.81. The van der Waals surface area contributed by atoms with Gasteiger partial charge in [-0.25, -0.2) is 4.79 Å². The van der Waals surface area contributed by atoms with Gasteiger partial charge < -0.3 is 9.84 Å². The van der Waals surface area contributed by atoms with Gasteiger partial charge in [0.25, 0.3) is 0 Å². The summed E-state index contributed by atoms with van der Waals surface area (Å²) in [6.45, 7) is 4.15. The highest BCUT2D eigenvalue weighted by Crippen LogP contribution is 2.55. The minimum absolute atomic E-state index is 0.300. The van der Waals surface area contributed by atoms with Gasteiger partial charge in [0.2, 0.25) is 0 Å².